The van der Waals surface area contributed by atoms with Gasteiger partial charge in [-0.05, 0) is 42.7 Å². The molecule has 0 atom stereocenters. The molecule has 1 aromatic carbocycles. The summed E-state index contributed by atoms with van der Waals surface area (Å²) >= 11 is 6.15. The van der Waals surface area contributed by atoms with Gasteiger partial charge >= 0.3 is 0 Å². The van der Waals surface area contributed by atoms with E-state index >= 15 is 0 Å². The smallest absolute Gasteiger partial charge is 0.159 e. The van der Waals surface area contributed by atoms with Crippen LogP contribution in [0.5, 0.6) is 0 Å². The molecule has 0 aliphatic carbocycles. The number of nitrogens with zero attached hydrogens (tertiary/aromatic N) is 2. The van der Waals surface area contributed by atoms with Crippen molar-refractivity contribution >= 4 is 11.6 Å². The molecule has 0 bridgehead atoms. The zero-order chi connectivity index (χ0) is 11.5. The van der Waals surface area contributed by atoms with E-state index in [1.54, 1.807) is 12.4 Å². The average molecular weight is 233 g/mol. The van der Waals surface area contributed by atoms with Crippen LogP contribution in [0.2, 0.25) is 5.02 Å². The van der Waals surface area contributed by atoms with Crippen LogP contribution in [0.15, 0.2) is 30.6 Å². The van der Waals surface area contributed by atoms with Crippen molar-refractivity contribution in [3.05, 3.63) is 46.7 Å². The summed E-state index contributed by atoms with van der Waals surface area (Å²) in [4.78, 5) is 8.52. The maximum atomic E-state index is 6.15. The summed E-state index contributed by atoms with van der Waals surface area (Å²) in [5, 5.41) is 0.819. The highest BCUT2D eigenvalue weighted by molar-refractivity contribution is 6.31. The molecule has 0 N–H and O–H groups in total. The van der Waals surface area contributed by atoms with Crippen molar-refractivity contribution in [3.63, 3.8) is 0 Å². The zero-order valence-corrected chi connectivity index (χ0v) is 10.1. The number of benzene rings is 1. The minimum absolute atomic E-state index is 0.756. The van der Waals surface area contributed by atoms with Gasteiger partial charge in [0.05, 0.1) is 0 Å². The summed E-state index contributed by atoms with van der Waals surface area (Å²) in [7, 11) is 0. The number of hydrogen-bond acceptors (Lipinski definition) is 2. The average Bonchev–Trinajstić information content (AvgIpc) is 2.31. The van der Waals surface area contributed by atoms with E-state index < -0.39 is 0 Å². The molecule has 16 heavy (non-hydrogen) atoms. The fraction of sp³-hybridized carbons (Fsp3) is 0.231. The first-order chi connectivity index (χ1) is 7.74. The standard InChI is InChI=1S/C13H13ClN2/c1-3-10-9(2)11(5-6-12(10)14)13-15-7-4-8-16-13/h4-8H,3H2,1-2H3. The number of aromatic nitrogens is 2. The van der Waals surface area contributed by atoms with Crippen molar-refractivity contribution in [1.29, 1.82) is 0 Å². The molecule has 3 heteroatoms. The molecule has 0 aliphatic heterocycles. The lowest BCUT2D eigenvalue weighted by Gasteiger charge is -2.10. The number of halogens is 1. The molecule has 1 aromatic heterocycles. The van der Waals surface area contributed by atoms with Crippen molar-refractivity contribution in [2.45, 2.75) is 20.3 Å². The molecule has 0 fully saturated rings. The van der Waals surface area contributed by atoms with Gasteiger partial charge in [-0.2, -0.15) is 0 Å². The number of rotatable bonds is 2. The second-order valence-corrected chi connectivity index (χ2v) is 4.03. The van der Waals surface area contributed by atoms with Gasteiger partial charge in [-0.15, -0.1) is 0 Å². The maximum Gasteiger partial charge on any atom is 0.159 e. The molecule has 82 valence electrons. The van der Waals surface area contributed by atoms with Crippen LogP contribution < -0.4 is 0 Å². The van der Waals surface area contributed by atoms with Crippen molar-refractivity contribution in [3.8, 4) is 11.4 Å². The monoisotopic (exact) mass is 232 g/mol. The van der Waals surface area contributed by atoms with Crippen LogP contribution in [0.3, 0.4) is 0 Å². The highest BCUT2D eigenvalue weighted by Gasteiger charge is 2.10. The normalized spacial score (nSPS) is 10.4. The van der Waals surface area contributed by atoms with Crippen LogP contribution in [0, 0.1) is 6.92 Å². The second-order valence-electron chi connectivity index (χ2n) is 3.62. The van der Waals surface area contributed by atoms with Gasteiger partial charge in [0.2, 0.25) is 0 Å². The zero-order valence-electron chi connectivity index (χ0n) is 9.37. The lowest BCUT2D eigenvalue weighted by atomic mass is 10.00. The molecule has 0 radical (unpaired) electrons. The molecule has 0 spiro atoms. The Kier molecular flexibility index (Phi) is 3.20. The number of hydrogen-bond donors (Lipinski definition) is 0. The Hall–Kier alpha value is -1.41. The first-order valence-electron chi connectivity index (χ1n) is 5.29. The fourth-order valence-corrected chi connectivity index (χ4v) is 2.18. The van der Waals surface area contributed by atoms with Crippen molar-refractivity contribution in [1.82, 2.24) is 9.97 Å². The third kappa shape index (κ3) is 1.93. The molecule has 0 unspecified atom stereocenters. The minimum Gasteiger partial charge on any atom is -0.237 e. The van der Waals surface area contributed by atoms with Crippen molar-refractivity contribution < 1.29 is 0 Å². The van der Waals surface area contributed by atoms with Gasteiger partial charge in [-0.25, -0.2) is 9.97 Å². The first-order valence-corrected chi connectivity index (χ1v) is 5.67. The van der Waals surface area contributed by atoms with E-state index in [1.165, 1.54) is 11.1 Å². The molecule has 0 saturated carbocycles. The van der Waals surface area contributed by atoms with E-state index in [1.807, 2.05) is 18.2 Å². The largest absolute Gasteiger partial charge is 0.237 e. The van der Waals surface area contributed by atoms with Gasteiger partial charge in [0.1, 0.15) is 0 Å². The summed E-state index contributed by atoms with van der Waals surface area (Å²) in [6.07, 6.45) is 4.43. The van der Waals surface area contributed by atoms with Gasteiger partial charge in [-0.1, -0.05) is 18.5 Å². The van der Waals surface area contributed by atoms with E-state index in [-0.39, 0.29) is 0 Å². The third-order valence-corrected chi connectivity index (χ3v) is 3.06. The lowest BCUT2D eigenvalue weighted by Crippen LogP contribution is -1.95. The van der Waals surface area contributed by atoms with Gasteiger partial charge in [0.25, 0.3) is 0 Å². The summed E-state index contributed by atoms with van der Waals surface area (Å²) in [6, 6.07) is 5.71. The third-order valence-electron chi connectivity index (χ3n) is 2.70. The topological polar surface area (TPSA) is 25.8 Å². The Morgan fingerprint density at radius 3 is 2.50 bits per heavy atom. The van der Waals surface area contributed by atoms with Crippen molar-refractivity contribution in [2.75, 3.05) is 0 Å². The quantitative estimate of drug-likeness (QED) is 0.790. The molecule has 2 aromatic rings. The van der Waals surface area contributed by atoms with Gasteiger partial charge in [0.15, 0.2) is 5.82 Å². The maximum absolute atomic E-state index is 6.15. The SMILES string of the molecule is CCc1c(Cl)ccc(-c2ncccn2)c1C. The molecular formula is C13H13ClN2. The predicted molar refractivity (Wildman–Crippen MR) is 66.6 cm³/mol. The van der Waals surface area contributed by atoms with Crippen molar-refractivity contribution in [2.24, 2.45) is 0 Å². The fourth-order valence-electron chi connectivity index (χ4n) is 1.84. The van der Waals surface area contributed by atoms with Gasteiger partial charge in [-0.3, -0.25) is 0 Å². The molecule has 0 saturated heterocycles. The summed E-state index contributed by atoms with van der Waals surface area (Å²) in [6.45, 7) is 4.17. The van der Waals surface area contributed by atoms with Crippen LogP contribution in [-0.2, 0) is 6.42 Å². The van der Waals surface area contributed by atoms with E-state index in [2.05, 4.69) is 23.8 Å². The van der Waals surface area contributed by atoms with Gasteiger partial charge in [0, 0.05) is 23.0 Å². The predicted octanol–water partition coefficient (Wildman–Crippen LogP) is 3.67. The minimum atomic E-state index is 0.756. The molecule has 1 heterocycles. The van der Waals surface area contributed by atoms with Crippen LogP contribution in [0.4, 0.5) is 0 Å². The second kappa shape index (κ2) is 4.62. The van der Waals surface area contributed by atoms with Gasteiger partial charge < -0.3 is 0 Å². The lowest BCUT2D eigenvalue weighted by molar-refractivity contribution is 1.10. The first kappa shape index (κ1) is 11.1. The van der Waals surface area contributed by atoms with E-state index in [4.69, 9.17) is 11.6 Å². The van der Waals surface area contributed by atoms with E-state index in [0.29, 0.717) is 0 Å². The van der Waals surface area contributed by atoms with E-state index in [9.17, 15) is 0 Å². The van der Waals surface area contributed by atoms with Crippen LogP contribution in [0.25, 0.3) is 11.4 Å². The molecule has 2 nitrogen and oxygen atoms in total. The summed E-state index contributed by atoms with van der Waals surface area (Å²) in [5.74, 6) is 0.756. The molecule has 0 amide bonds. The highest BCUT2D eigenvalue weighted by Crippen LogP contribution is 2.28. The Labute approximate surface area is 100 Å². The molecule has 2 rings (SSSR count). The Bertz CT molecular complexity index is 495. The Balaban J connectivity index is 2.59. The Morgan fingerprint density at radius 1 is 1.19 bits per heavy atom. The van der Waals surface area contributed by atoms with E-state index in [0.717, 1.165) is 22.8 Å². The summed E-state index contributed by atoms with van der Waals surface area (Å²) < 4.78 is 0. The van der Waals surface area contributed by atoms with Crippen LogP contribution >= 0.6 is 11.6 Å². The molecular weight excluding hydrogens is 220 g/mol. The molecule has 0 aliphatic rings. The van der Waals surface area contributed by atoms with Crippen LogP contribution in [0.1, 0.15) is 18.1 Å². The Morgan fingerprint density at radius 2 is 1.88 bits per heavy atom. The summed E-state index contributed by atoms with van der Waals surface area (Å²) in [5.41, 5.74) is 3.40. The van der Waals surface area contributed by atoms with Crippen LogP contribution in [-0.4, -0.2) is 9.97 Å². The highest BCUT2D eigenvalue weighted by atomic mass is 35.5.